The molecular formula is C30H28N4OS2. The van der Waals surface area contributed by atoms with Crippen LogP contribution in [-0.2, 0) is 4.79 Å². The smallest absolute Gasteiger partial charge is 0.253 e. The molecule has 7 heteroatoms. The number of hydrogen-bond donors (Lipinski definition) is 0. The maximum atomic E-state index is 13.8. The molecule has 3 heterocycles. The summed E-state index contributed by atoms with van der Waals surface area (Å²) in [5, 5.41) is 8.72. The van der Waals surface area contributed by atoms with Crippen LogP contribution in [0.4, 0.5) is 0 Å². The number of amides is 1. The van der Waals surface area contributed by atoms with E-state index in [2.05, 4.69) is 66.3 Å². The number of carbonyl (C=O) groups is 1. The third-order valence-corrected chi connectivity index (χ3v) is 9.39. The van der Waals surface area contributed by atoms with Crippen molar-refractivity contribution in [3.63, 3.8) is 0 Å². The van der Waals surface area contributed by atoms with Gasteiger partial charge in [0.05, 0.1) is 17.5 Å². The number of rotatable bonds is 5. The molecule has 0 bridgehead atoms. The molecular weight excluding hydrogens is 496 g/mol. The summed E-state index contributed by atoms with van der Waals surface area (Å²) in [7, 11) is 0. The van der Waals surface area contributed by atoms with E-state index in [0.717, 1.165) is 45.8 Å². The zero-order valence-corrected chi connectivity index (χ0v) is 22.6. The molecule has 0 N–H and O–H groups in total. The lowest BCUT2D eigenvalue weighted by Crippen LogP contribution is -2.32. The summed E-state index contributed by atoms with van der Waals surface area (Å²) >= 11 is 3.16. The van der Waals surface area contributed by atoms with Gasteiger partial charge in [0.2, 0.25) is 0 Å². The van der Waals surface area contributed by atoms with E-state index in [1.165, 1.54) is 33.3 Å². The van der Waals surface area contributed by atoms with Gasteiger partial charge in [-0.1, -0.05) is 72.4 Å². The first-order chi connectivity index (χ1) is 18.1. The van der Waals surface area contributed by atoms with Gasteiger partial charge in [-0.2, -0.15) is 5.10 Å². The highest BCUT2D eigenvalue weighted by molar-refractivity contribution is 8.00. The van der Waals surface area contributed by atoms with Crippen LogP contribution >= 0.6 is 23.1 Å². The maximum Gasteiger partial charge on any atom is 0.253 e. The average Bonchev–Trinajstić information content (AvgIpc) is 3.46. The number of nitrogens with zero attached hydrogens (tertiary/aromatic N) is 4. The average molecular weight is 525 g/mol. The SMILES string of the molecule is Cc1sc2ncnc(SCC(=O)N3N=C4/C(=C\c5ccccc5)CCC[C@H]4[C@@H]3c3ccccc3)c2c1C. The molecule has 186 valence electrons. The van der Waals surface area contributed by atoms with Gasteiger partial charge >= 0.3 is 0 Å². The van der Waals surface area contributed by atoms with Gasteiger partial charge in [0.25, 0.3) is 5.91 Å². The summed E-state index contributed by atoms with van der Waals surface area (Å²) in [5.41, 5.74) is 5.82. The predicted molar refractivity (Wildman–Crippen MR) is 153 cm³/mol. The van der Waals surface area contributed by atoms with E-state index in [9.17, 15) is 4.79 Å². The number of thioether (sulfide) groups is 1. The third-order valence-electron chi connectivity index (χ3n) is 7.30. The molecule has 2 aromatic carbocycles. The van der Waals surface area contributed by atoms with E-state index in [1.807, 2.05) is 24.3 Å². The molecule has 6 rings (SSSR count). The molecule has 1 aliphatic carbocycles. The van der Waals surface area contributed by atoms with Crippen molar-refractivity contribution in [3.8, 4) is 0 Å². The van der Waals surface area contributed by atoms with Crippen LogP contribution in [0.5, 0.6) is 0 Å². The van der Waals surface area contributed by atoms with Crippen molar-refractivity contribution in [3.05, 3.63) is 94.1 Å². The molecule has 5 nitrogen and oxygen atoms in total. The number of fused-ring (bicyclic) bond motifs is 2. The number of hydrazone groups is 1. The highest BCUT2D eigenvalue weighted by Crippen LogP contribution is 2.45. The van der Waals surface area contributed by atoms with Crippen molar-refractivity contribution < 1.29 is 4.79 Å². The van der Waals surface area contributed by atoms with Crippen LogP contribution in [-0.4, -0.2) is 32.3 Å². The fourth-order valence-electron chi connectivity index (χ4n) is 5.40. The van der Waals surface area contributed by atoms with E-state index in [4.69, 9.17) is 5.10 Å². The highest BCUT2D eigenvalue weighted by Gasteiger charge is 2.43. The van der Waals surface area contributed by atoms with Gasteiger partial charge in [-0.25, -0.2) is 15.0 Å². The van der Waals surface area contributed by atoms with Crippen LogP contribution in [0.2, 0.25) is 0 Å². The number of hydrogen-bond acceptors (Lipinski definition) is 6. The minimum Gasteiger partial charge on any atom is -0.272 e. The number of benzene rings is 2. The van der Waals surface area contributed by atoms with Crippen molar-refractivity contribution in [1.29, 1.82) is 0 Å². The lowest BCUT2D eigenvalue weighted by atomic mass is 9.77. The lowest BCUT2D eigenvalue weighted by molar-refractivity contribution is -0.130. The quantitative estimate of drug-likeness (QED) is 0.204. The van der Waals surface area contributed by atoms with Gasteiger partial charge in [0.1, 0.15) is 16.2 Å². The van der Waals surface area contributed by atoms with Crippen molar-refractivity contribution in [2.24, 2.45) is 11.0 Å². The Kier molecular flexibility index (Phi) is 6.65. The number of aryl methyl sites for hydroxylation is 2. The molecule has 4 aromatic rings. The van der Waals surface area contributed by atoms with Gasteiger partial charge in [0, 0.05) is 16.2 Å². The highest BCUT2D eigenvalue weighted by atomic mass is 32.2. The van der Waals surface area contributed by atoms with Crippen LogP contribution in [0.1, 0.15) is 46.9 Å². The van der Waals surface area contributed by atoms with Gasteiger partial charge < -0.3 is 0 Å². The fraction of sp³-hybridized carbons (Fsp3) is 0.267. The van der Waals surface area contributed by atoms with Crippen molar-refractivity contribution in [2.45, 2.75) is 44.2 Å². The van der Waals surface area contributed by atoms with Gasteiger partial charge in [0.15, 0.2) is 0 Å². The molecule has 2 atom stereocenters. The minimum absolute atomic E-state index is 0.0104. The number of thiophene rings is 1. The summed E-state index contributed by atoms with van der Waals surface area (Å²) < 4.78 is 0. The Morgan fingerprint density at radius 3 is 2.62 bits per heavy atom. The van der Waals surface area contributed by atoms with Crippen LogP contribution in [0.3, 0.4) is 0 Å². The Balaban J connectivity index is 1.32. The first kappa shape index (κ1) is 24.1. The van der Waals surface area contributed by atoms with Crippen LogP contribution in [0, 0.1) is 19.8 Å². The predicted octanol–water partition coefficient (Wildman–Crippen LogP) is 7.22. The van der Waals surface area contributed by atoms with Crippen LogP contribution in [0.15, 0.2) is 82.7 Å². The first-order valence-corrected chi connectivity index (χ1v) is 14.5. The van der Waals surface area contributed by atoms with E-state index in [1.54, 1.807) is 22.7 Å². The van der Waals surface area contributed by atoms with E-state index >= 15 is 0 Å². The van der Waals surface area contributed by atoms with Crippen molar-refractivity contribution in [1.82, 2.24) is 15.0 Å². The molecule has 0 saturated heterocycles. The molecule has 0 unspecified atom stereocenters. The summed E-state index contributed by atoms with van der Waals surface area (Å²) in [6.45, 7) is 4.21. The molecule has 0 spiro atoms. The second-order valence-corrected chi connectivity index (χ2v) is 11.8. The summed E-state index contributed by atoms with van der Waals surface area (Å²) in [4.78, 5) is 25.0. The normalized spacial score (nSPS) is 20.3. The Morgan fingerprint density at radius 2 is 1.84 bits per heavy atom. The zero-order chi connectivity index (χ0) is 25.4. The standard InChI is InChI=1S/C30H28N4OS2/c1-19-20(2)37-30-26(19)29(31-18-32-30)36-17-25(35)34-28(22-12-7-4-8-13-22)24-15-9-14-23(27(24)33-34)16-21-10-5-3-6-11-21/h3-8,10-13,16,18,24,28H,9,14-15,17H2,1-2H3/b23-16-/t24-,28+/m1/s1. The number of allylic oxidation sites excluding steroid dienone is 1. The second-order valence-electron chi connectivity index (χ2n) is 9.59. The van der Waals surface area contributed by atoms with Gasteiger partial charge in [-0.3, -0.25) is 4.79 Å². The number of aromatic nitrogens is 2. The molecule has 1 aliphatic heterocycles. The van der Waals surface area contributed by atoms with E-state index < -0.39 is 0 Å². The van der Waals surface area contributed by atoms with Gasteiger partial charge in [-0.05, 0) is 61.4 Å². The zero-order valence-electron chi connectivity index (χ0n) is 20.9. The topological polar surface area (TPSA) is 58.5 Å². The van der Waals surface area contributed by atoms with E-state index in [0.29, 0.717) is 0 Å². The molecule has 2 aromatic heterocycles. The van der Waals surface area contributed by atoms with Crippen LogP contribution < -0.4 is 0 Å². The van der Waals surface area contributed by atoms with Crippen LogP contribution in [0.25, 0.3) is 16.3 Å². The van der Waals surface area contributed by atoms with Crippen molar-refractivity contribution in [2.75, 3.05) is 5.75 Å². The Morgan fingerprint density at radius 1 is 1.08 bits per heavy atom. The molecule has 1 saturated carbocycles. The number of carbonyl (C=O) groups excluding carboxylic acids is 1. The minimum atomic E-state index is -0.0840. The molecule has 1 amide bonds. The lowest BCUT2D eigenvalue weighted by Gasteiger charge is -2.29. The second kappa shape index (κ2) is 10.2. The molecule has 1 fully saturated rings. The maximum absolute atomic E-state index is 13.8. The summed E-state index contributed by atoms with van der Waals surface area (Å²) in [6.07, 6.45) is 6.95. The monoisotopic (exact) mass is 524 g/mol. The Labute approximate surface area is 225 Å². The first-order valence-electron chi connectivity index (χ1n) is 12.6. The fourth-order valence-corrected chi connectivity index (χ4v) is 7.37. The molecule has 37 heavy (non-hydrogen) atoms. The van der Waals surface area contributed by atoms with Crippen molar-refractivity contribution >= 4 is 51.0 Å². The Bertz CT molecular complexity index is 1510. The van der Waals surface area contributed by atoms with Gasteiger partial charge in [-0.15, -0.1) is 11.3 Å². The molecule has 0 radical (unpaired) electrons. The summed E-state index contributed by atoms with van der Waals surface area (Å²) in [5.74, 6) is 0.495. The molecule has 2 aliphatic rings. The third kappa shape index (κ3) is 4.62. The summed E-state index contributed by atoms with van der Waals surface area (Å²) in [6, 6.07) is 20.7. The largest absolute Gasteiger partial charge is 0.272 e. The van der Waals surface area contributed by atoms with E-state index in [-0.39, 0.29) is 23.6 Å². The Hall–Kier alpha value is -3.29.